The lowest BCUT2D eigenvalue weighted by molar-refractivity contribution is 0.0682. The number of benzene rings is 1. The molecule has 2 heterocycles. The molecule has 2 N–H and O–H groups in total. The maximum atomic E-state index is 10.9. The fourth-order valence-electron chi connectivity index (χ4n) is 3.04. The second kappa shape index (κ2) is 6.84. The van der Waals surface area contributed by atoms with Crippen molar-refractivity contribution in [3.63, 3.8) is 0 Å². The zero-order chi connectivity index (χ0) is 17.1. The maximum Gasteiger partial charge on any atom is 0.357 e. The number of hydrogen-bond donors (Lipinski definition) is 2. The summed E-state index contributed by atoms with van der Waals surface area (Å²) in [7, 11) is 0. The Balaban J connectivity index is 1.65. The van der Waals surface area contributed by atoms with E-state index in [4.69, 9.17) is 14.6 Å². The van der Waals surface area contributed by atoms with Crippen LogP contribution >= 0.6 is 0 Å². The molecular formula is C17H18N2O5. The Morgan fingerprint density at radius 2 is 1.96 bits per heavy atom. The highest BCUT2D eigenvalue weighted by Crippen LogP contribution is 2.28. The second-order valence-electron chi connectivity index (χ2n) is 5.93. The molecule has 0 radical (unpaired) electrons. The first-order chi connectivity index (χ1) is 11.5. The molecule has 3 rings (SSSR count). The lowest BCUT2D eigenvalue weighted by Gasteiger charge is -2.32. The Morgan fingerprint density at radius 1 is 1.21 bits per heavy atom. The van der Waals surface area contributed by atoms with E-state index in [1.807, 2.05) is 12.1 Å². The average Bonchev–Trinajstić information content (AvgIpc) is 3.04. The molecule has 1 aliphatic heterocycles. The number of rotatable bonds is 5. The first kappa shape index (κ1) is 16.2. The summed E-state index contributed by atoms with van der Waals surface area (Å²) in [5.74, 6) is -1.31. The normalized spacial score (nSPS) is 18.4. The van der Waals surface area contributed by atoms with Crippen LogP contribution < -0.4 is 0 Å². The average molecular weight is 330 g/mol. The van der Waals surface area contributed by atoms with Crippen molar-refractivity contribution in [3.05, 3.63) is 53.2 Å². The topological polar surface area (TPSA) is 104 Å². The number of nitrogens with zero attached hydrogens (tertiary/aromatic N) is 2. The molecule has 0 spiro atoms. The zero-order valence-corrected chi connectivity index (χ0v) is 13.0. The zero-order valence-electron chi connectivity index (χ0n) is 13.0. The molecule has 1 aromatic heterocycles. The summed E-state index contributed by atoms with van der Waals surface area (Å²) < 4.78 is 5.21. The quantitative estimate of drug-likeness (QED) is 0.867. The first-order valence-electron chi connectivity index (χ1n) is 7.76. The summed E-state index contributed by atoms with van der Waals surface area (Å²) >= 11 is 0. The number of oxazole rings is 1. The van der Waals surface area contributed by atoms with Crippen LogP contribution in [0.4, 0.5) is 0 Å². The van der Waals surface area contributed by atoms with Crippen LogP contribution in [-0.2, 0) is 6.54 Å². The minimum Gasteiger partial charge on any atom is -0.478 e. The molecule has 0 aliphatic carbocycles. The van der Waals surface area contributed by atoms with E-state index in [0.717, 1.165) is 37.8 Å². The van der Waals surface area contributed by atoms with Gasteiger partial charge in [0, 0.05) is 6.54 Å². The van der Waals surface area contributed by atoms with Crippen LogP contribution in [0, 0.1) is 0 Å². The van der Waals surface area contributed by atoms with Gasteiger partial charge in [-0.1, -0.05) is 12.1 Å². The summed E-state index contributed by atoms with van der Waals surface area (Å²) in [6.07, 6.45) is 3.20. The highest BCUT2D eigenvalue weighted by molar-refractivity contribution is 5.87. The third-order valence-corrected chi connectivity index (χ3v) is 4.26. The molecule has 1 atom stereocenters. The third kappa shape index (κ3) is 3.62. The predicted molar refractivity (Wildman–Crippen MR) is 84.1 cm³/mol. The largest absolute Gasteiger partial charge is 0.478 e. The summed E-state index contributed by atoms with van der Waals surface area (Å²) in [5, 5.41) is 17.8. The molecular weight excluding hydrogens is 312 g/mol. The highest BCUT2D eigenvalue weighted by Gasteiger charge is 2.23. The van der Waals surface area contributed by atoms with Gasteiger partial charge >= 0.3 is 11.9 Å². The minimum atomic E-state index is -1.10. The van der Waals surface area contributed by atoms with E-state index in [1.54, 1.807) is 12.1 Å². The number of aromatic carboxylic acids is 2. The fraction of sp³-hybridized carbons (Fsp3) is 0.353. The van der Waals surface area contributed by atoms with Gasteiger partial charge in [-0.25, -0.2) is 14.6 Å². The predicted octanol–water partition coefficient (Wildman–Crippen LogP) is 2.45. The Bertz CT molecular complexity index is 738. The number of likely N-dealkylation sites (tertiary alicyclic amines) is 1. The number of carboxylic acid groups (broad SMARTS) is 2. The van der Waals surface area contributed by atoms with Crippen molar-refractivity contribution in [3.8, 4) is 0 Å². The summed E-state index contributed by atoms with van der Waals surface area (Å²) in [5.41, 5.74) is 1.32. The van der Waals surface area contributed by atoms with E-state index in [-0.39, 0.29) is 11.3 Å². The van der Waals surface area contributed by atoms with Crippen molar-refractivity contribution >= 4 is 11.9 Å². The Kier molecular flexibility index (Phi) is 4.61. The van der Waals surface area contributed by atoms with E-state index >= 15 is 0 Å². The van der Waals surface area contributed by atoms with Gasteiger partial charge in [0.05, 0.1) is 12.1 Å². The van der Waals surface area contributed by atoms with Crippen molar-refractivity contribution in [2.45, 2.75) is 25.3 Å². The first-order valence-corrected chi connectivity index (χ1v) is 7.76. The molecule has 0 amide bonds. The molecule has 2 aromatic rings. The lowest BCUT2D eigenvalue weighted by Crippen LogP contribution is -2.34. The Morgan fingerprint density at radius 3 is 2.58 bits per heavy atom. The molecule has 1 aliphatic rings. The molecule has 0 bridgehead atoms. The summed E-state index contributed by atoms with van der Waals surface area (Å²) in [4.78, 5) is 27.9. The van der Waals surface area contributed by atoms with Crippen molar-refractivity contribution in [1.82, 2.24) is 9.88 Å². The molecule has 0 saturated carbocycles. The van der Waals surface area contributed by atoms with E-state index < -0.39 is 11.9 Å². The molecule has 1 fully saturated rings. The maximum absolute atomic E-state index is 10.9. The van der Waals surface area contributed by atoms with Gasteiger partial charge in [0.1, 0.15) is 6.26 Å². The fourth-order valence-corrected chi connectivity index (χ4v) is 3.04. The third-order valence-electron chi connectivity index (χ3n) is 4.26. The van der Waals surface area contributed by atoms with Gasteiger partial charge in [-0.2, -0.15) is 0 Å². The highest BCUT2D eigenvalue weighted by atomic mass is 16.4. The smallest absolute Gasteiger partial charge is 0.357 e. The molecule has 7 heteroatoms. The molecule has 1 saturated heterocycles. The van der Waals surface area contributed by atoms with Crippen LogP contribution in [0.1, 0.15) is 51.1 Å². The van der Waals surface area contributed by atoms with Crippen LogP contribution in [0.5, 0.6) is 0 Å². The van der Waals surface area contributed by atoms with Gasteiger partial charge in [0.2, 0.25) is 5.89 Å². The molecule has 126 valence electrons. The van der Waals surface area contributed by atoms with Crippen LogP contribution in [0.2, 0.25) is 0 Å². The molecule has 24 heavy (non-hydrogen) atoms. The number of aromatic nitrogens is 1. The number of carboxylic acids is 2. The van der Waals surface area contributed by atoms with Crippen LogP contribution in [-0.4, -0.2) is 45.1 Å². The Labute approximate surface area is 138 Å². The van der Waals surface area contributed by atoms with Crippen molar-refractivity contribution < 1.29 is 24.2 Å². The summed E-state index contributed by atoms with van der Waals surface area (Å²) in [6, 6.07) is 6.99. The van der Waals surface area contributed by atoms with E-state index in [9.17, 15) is 9.59 Å². The lowest BCUT2D eigenvalue weighted by atomic mass is 9.90. The van der Waals surface area contributed by atoms with Gasteiger partial charge in [0.15, 0.2) is 5.69 Å². The van der Waals surface area contributed by atoms with Gasteiger partial charge in [-0.05, 0) is 43.0 Å². The van der Waals surface area contributed by atoms with Crippen LogP contribution in [0.15, 0.2) is 34.9 Å². The van der Waals surface area contributed by atoms with Gasteiger partial charge < -0.3 is 14.6 Å². The summed E-state index contributed by atoms with van der Waals surface area (Å²) in [6.45, 7) is 2.17. The number of hydrogen-bond acceptors (Lipinski definition) is 5. The van der Waals surface area contributed by atoms with Crippen molar-refractivity contribution in [1.29, 1.82) is 0 Å². The van der Waals surface area contributed by atoms with Crippen molar-refractivity contribution in [2.75, 3.05) is 13.1 Å². The monoisotopic (exact) mass is 330 g/mol. The SMILES string of the molecule is O=C(O)c1ccc(C2CCCN(Cc3nc(C(=O)O)co3)C2)cc1. The van der Waals surface area contributed by atoms with Gasteiger partial charge in [0.25, 0.3) is 0 Å². The number of piperidine rings is 1. The van der Waals surface area contributed by atoms with Gasteiger partial charge in [-0.3, -0.25) is 4.90 Å². The molecule has 1 unspecified atom stereocenters. The van der Waals surface area contributed by atoms with Crippen LogP contribution in [0.3, 0.4) is 0 Å². The minimum absolute atomic E-state index is 0.0807. The number of carbonyl (C=O) groups is 2. The second-order valence-corrected chi connectivity index (χ2v) is 5.93. The molecule has 7 nitrogen and oxygen atoms in total. The Hall–Kier alpha value is -2.67. The molecule has 1 aromatic carbocycles. The standard InChI is InChI=1S/C17H18N2O5/c20-16(21)12-5-3-11(4-6-12)13-2-1-7-19(8-13)9-15-18-14(10-24-15)17(22)23/h3-6,10,13H,1-2,7-9H2,(H,20,21)(H,22,23). The van der Waals surface area contributed by atoms with Crippen molar-refractivity contribution in [2.24, 2.45) is 0 Å². The van der Waals surface area contributed by atoms with Gasteiger partial charge in [-0.15, -0.1) is 0 Å². The van der Waals surface area contributed by atoms with Crippen LogP contribution in [0.25, 0.3) is 0 Å². The van der Waals surface area contributed by atoms with E-state index in [2.05, 4.69) is 9.88 Å². The van der Waals surface area contributed by atoms with E-state index in [1.165, 1.54) is 0 Å². The van der Waals surface area contributed by atoms with E-state index in [0.29, 0.717) is 18.4 Å².